The van der Waals surface area contributed by atoms with Gasteiger partial charge in [0.05, 0.1) is 21.7 Å². The molecule has 0 saturated carbocycles. The Kier molecular flexibility index (Phi) is 5.67. The Morgan fingerprint density at radius 2 is 1.30 bits per heavy atom. The Bertz CT molecular complexity index is 997. The average Bonchev–Trinajstić information content (AvgIpc) is 2.67. The maximum atomic E-state index is 13.0. The molecule has 5 nitrogen and oxygen atoms in total. The summed E-state index contributed by atoms with van der Waals surface area (Å²) in [5.74, 6) is -0.0264. The highest BCUT2D eigenvalue weighted by Crippen LogP contribution is 2.38. The molecule has 0 atom stereocenters. The summed E-state index contributed by atoms with van der Waals surface area (Å²) in [6.45, 7) is -0.147. The summed E-state index contributed by atoms with van der Waals surface area (Å²) in [6, 6.07) is 6.63. The number of hydrogen-bond donors (Lipinski definition) is 1. The van der Waals surface area contributed by atoms with Crippen molar-refractivity contribution in [2.24, 2.45) is 0 Å². The van der Waals surface area contributed by atoms with Gasteiger partial charge in [-0.15, -0.1) is 0 Å². The van der Waals surface area contributed by atoms with Crippen molar-refractivity contribution in [3.8, 4) is 5.75 Å². The van der Waals surface area contributed by atoms with E-state index in [2.05, 4.69) is 0 Å². The number of para-hydroxylation sites is 2. The van der Waals surface area contributed by atoms with E-state index >= 15 is 0 Å². The number of aromatic hydroxyl groups is 1. The van der Waals surface area contributed by atoms with Gasteiger partial charge in [-0.3, -0.25) is 0 Å². The van der Waals surface area contributed by atoms with Crippen LogP contribution in [0.1, 0.15) is 11.1 Å². The van der Waals surface area contributed by atoms with Gasteiger partial charge in [0.1, 0.15) is 5.75 Å². The van der Waals surface area contributed by atoms with E-state index in [0.29, 0.717) is 5.69 Å². The summed E-state index contributed by atoms with van der Waals surface area (Å²) < 4.78 is 105. The van der Waals surface area contributed by atoms with Crippen molar-refractivity contribution < 1.29 is 39.9 Å². The molecule has 164 valence electrons. The zero-order chi connectivity index (χ0) is 22.3. The molecular formula is C18H16F6N2O3S. The molecule has 0 aromatic heterocycles. The maximum Gasteiger partial charge on any atom is 0.416 e. The highest BCUT2D eigenvalue weighted by atomic mass is 32.2. The summed E-state index contributed by atoms with van der Waals surface area (Å²) in [4.78, 5) is 0.606. The van der Waals surface area contributed by atoms with Crippen LogP contribution in [0.2, 0.25) is 0 Å². The zero-order valence-electron chi connectivity index (χ0n) is 15.2. The van der Waals surface area contributed by atoms with Crippen LogP contribution in [0.25, 0.3) is 0 Å². The van der Waals surface area contributed by atoms with Crippen LogP contribution in [-0.4, -0.2) is 44.0 Å². The van der Waals surface area contributed by atoms with Crippen molar-refractivity contribution in [3.63, 3.8) is 0 Å². The number of sulfonamides is 1. The Morgan fingerprint density at radius 1 is 0.800 bits per heavy atom. The molecule has 0 spiro atoms. The molecule has 1 aliphatic rings. The first-order valence-corrected chi connectivity index (χ1v) is 10.1. The van der Waals surface area contributed by atoms with Gasteiger partial charge in [0.25, 0.3) is 0 Å². The fourth-order valence-corrected chi connectivity index (χ4v) is 4.62. The topological polar surface area (TPSA) is 60.9 Å². The van der Waals surface area contributed by atoms with Gasteiger partial charge in [-0.05, 0) is 30.3 Å². The predicted octanol–water partition coefficient (Wildman–Crippen LogP) is 3.94. The van der Waals surface area contributed by atoms with Crippen LogP contribution in [0.15, 0.2) is 47.4 Å². The summed E-state index contributed by atoms with van der Waals surface area (Å²) in [7, 11) is -4.60. The number of phenols is 1. The van der Waals surface area contributed by atoms with E-state index in [4.69, 9.17) is 0 Å². The number of anilines is 1. The lowest BCUT2D eigenvalue weighted by molar-refractivity contribution is -0.143. The number of hydrogen-bond acceptors (Lipinski definition) is 4. The average molecular weight is 454 g/mol. The Morgan fingerprint density at radius 3 is 1.77 bits per heavy atom. The van der Waals surface area contributed by atoms with E-state index in [1.165, 1.54) is 6.07 Å². The standard InChI is InChI=1S/C18H16F6N2O3S/c19-17(20,21)12-9-13(18(22,23)24)11-14(10-12)30(28,29)26-7-5-25(6-8-26)15-3-1-2-4-16(15)27/h1-4,9-11,27H,5-8H2. The SMILES string of the molecule is O=S(=O)(c1cc(C(F)(F)F)cc(C(F)(F)F)c1)N1CCN(c2ccccc2O)CC1. The number of halogens is 6. The lowest BCUT2D eigenvalue weighted by Gasteiger charge is -2.35. The van der Waals surface area contributed by atoms with Crippen LogP contribution < -0.4 is 4.90 Å². The van der Waals surface area contributed by atoms with E-state index in [-0.39, 0.29) is 50.1 Å². The summed E-state index contributed by atoms with van der Waals surface area (Å²) in [5, 5.41) is 9.89. The molecule has 1 aliphatic heterocycles. The summed E-state index contributed by atoms with van der Waals surface area (Å²) in [6.07, 6.45) is -10.3. The molecule has 0 aliphatic carbocycles. The van der Waals surface area contributed by atoms with Gasteiger partial charge in [-0.1, -0.05) is 12.1 Å². The van der Waals surface area contributed by atoms with Crippen molar-refractivity contribution in [2.75, 3.05) is 31.1 Å². The number of rotatable bonds is 3. The minimum absolute atomic E-state index is 0.0264. The van der Waals surface area contributed by atoms with E-state index < -0.39 is 38.4 Å². The summed E-state index contributed by atoms with van der Waals surface area (Å²) in [5.41, 5.74) is -2.93. The fraction of sp³-hybridized carbons (Fsp3) is 0.333. The molecule has 30 heavy (non-hydrogen) atoms. The molecular weight excluding hydrogens is 438 g/mol. The van der Waals surface area contributed by atoms with Gasteiger partial charge in [-0.25, -0.2) is 8.42 Å². The third-order valence-electron chi connectivity index (χ3n) is 4.66. The second-order valence-corrected chi connectivity index (χ2v) is 8.56. The molecule has 1 fully saturated rings. The first-order chi connectivity index (χ1) is 13.8. The highest BCUT2D eigenvalue weighted by Gasteiger charge is 2.39. The van der Waals surface area contributed by atoms with Gasteiger partial charge in [0, 0.05) is 26.2 Å². The van der Waals surface area contributed by atoms with Gasteiger partial charge < -0.3 is 10.0 Å². The van der Waals surface area contributed by atoms with E-state index in [1.54, 1.807) is 23.1 Å². The van der Waals surface area contributed by atoms with Crippen molar-refractivity contribution in [2.45, 2.75) is 17.2 Å². The smallest absolute Gasteiger partial charge is 0.416 e. The maximum absolute atomic E-state index is 13.0. The van der Waals surface area contributed by atoms with Crippen LogP contribution >= 0.6 is 0 Å². The van der Waals surface area contributed by atoms with Gasteiger partial charge in [0.15, 0.2) is 0 Å². The van der Waals surface area contributed by atoms with Crippen molar-refractivity contribution in [3.05, 3.63) is 53.6 Å². The molecule has 2 aromatic carbocycles. The van der Waals surface area contributed by atoms with E-state index in [0.717, 1.165) is 4.31 Å². The van der Waals surface area contributed by atoms with Crippen LogP contribution in [0.5, 0.6) is 5.75 Å². The molecule has 0 unspecified atom stereocenters. The second-order valence-electron chi connectivity index (χ2n) is 6.62. The second kappa shape index (κ2) is 7.65. The largest absolute Gasteiger partial charge is 0.506 e. The third kappa shape index (κ3) is 4.48. The molecule has 3 rings (SSSR count). The minimum atomic E-state index is -5.14. The number of phenolic OH excluding ortho intramolecular Hbond substituents is 1. The van der Waals surface area contributed by atoms with Crippen molar-refractivity contribution >= 4 is 15.7 Å². The Balaban J connectivity index is 1.90. The Labute approximate surface area is 168 Å². The normalized spacial score (nSPS) is 16.7. The zero-order valence-corrected chi connectivity index (χ0v) is 16.0. The molecule has 0 bridgehead atoms. The van der Waals surface area contributed by atoms with E-state index in [1.807, 2.05) is 0 Å². The molecule has 2 aromatic rings. The highest BCUT2D eigenvalue weighted by molar-refractivity contribution is 7.89. The first-order valence-electron chi connectivity index (χ1n) is 8.63. The van der Waals surface area contributed by atoms with Crippen LogP contribution in [0.3, 0.4) is 0 Å². The van der Waals surface area contributed by atoms with Gasteiger partial charge in [-0.2, -0.15) is 30.6 Å². The lowest BCUT2D eigenvalue weighted by atomic mass is 10.1. The van der Waals surface area contributed by atoms with Crippen LogP contribution in [-0.2, 0) is 22.4 Å². The van der Waals surface area contributed by atoms with Crippen molar-refractivity contribution in [1.82, 2.24) is 4.31 Å². The number of benzene rings is 2. The van der Waals surface area contributed by atoms with Crippen molar-refractivity contribution in [1.29, 1.82) is 0 Å². The lowest BCUT2D eigenvalue weighted by Crippen LogP contribution is -2.48. The molecule has 0 amide bonds. The van der Waals surface area contributed by atoms with Gasteiger partial charge in [0.2, 0.25) is 10.0 Å². The van der Waals surface area contributed by atoms with E-state index in [9.17, 15) is 39.9 Å². The van der Waals surface area contributed by atoms with Crippen LogP contribution in [0.4, 0.5) is 32.0 Å². The molecule has 0 radical (unpaired) electrons. The van der Waals surface area contributed by atoms with Gasteiger partial charge >= 0.3 is 12.4 Å². The number of piperazine rings is 1. The fourth-order valence-electron chi connectivity index (χ4n) is 3.13. The minimum Gasteiger partial charge on any atom is -0.506 e. The molecule has 12 heteroatoms. The molecule has 1 saturated heterocycles. The number of alkyl halides is 6. The Hall–Kier alpha value is -2.47. The molecule has 1 heterocycles. The quantitative estimate of drug-likeness (QED) is 0.714. The first kappa shape index (κ1) is 22.2. The third-order valence-corrected chi connectivity index (χ3v) is 6.54. The monoisotopic (exact) mass is 454 g/mol. The predicted molar refractivity (Wildman–Crippen MR) is 95.5 cm³/mol. The van der Waals surface area contributed by atoms with Crippen LogP contribution in [0, 0.1) is 0 Å². The molecule has 1 N–H and O–H groups in total. The summed E-state index contributed by atoms with van der Waals surface area (Å²) >= 11 is 0. The number of nitrogens with zero attached hydrogens (tertiary/aromatic N) is 2.